The van der Waals surface area contributed by atoms with Crippen LogP contribution in [0.5, 0.6) is 5.75 Å². The van der Waals surface area contributed by atoms with Gasteiger partial charge in [0.1, 0.15) is 11.6 Å². The summed E-state index contributed by atoms with van der Waals surface area (Å²) in [5, 5.41) is 23.3. The number of hydrogen-bond acceptors (Lipinski definition) is 4. The van der Waals surface area contributed by atoms with E-state index >= 15 is 0 Å². The van der Waals surface area contributed by atoms with Crippen molar-refractivity contribution in [3.63, 3.8) is 0 Å². The number of phenols is 1. The predicted molar refractivity (Wildman–Crippen MR) is 119 cm³/mol. The predicted octanol–water partition coefficient (Wildman–Crippen LogP) is 5.22. The summed E-state index contributed by atoms with van der Waals surface area (Å²) in [4.78, 5) is 2.17. The highest BCUT2D eigenvalue weighted by Gasteiger charge is 2.21. The van der Waals surface area contributed by atoms with Gasteiger partial charge in [0.2, 0.25) is 0 Å². The van der Waals surface area contributed by atoms with Gasteiger partial charge >= 0.3 is 0 Å². The first-order valence-corrected chi connectivity index (χ1v) is 10.2. The van der Waals surface area contributed by atoms with Gasteiger partial charge in [0.25, 0.3) is 0 Å². The Labute approximate surface area is 181 Å². The molecule has 30 heavy (non-hydrogen) atoms. The highest BCUT2D eigenvalue weighted by molar-refractivity contribution is 6.33. The molecule has 0 aliphatic rings. The number of aliphatic hydroxyl groups is 1. The van der Waals surface area contributed by atoms with E-state index < -0.39 is 0 Å². The number of halogens is 2. The SMILES string of the molecule is CC(CO)N(Cc1ccccc1)CC(Nc1ccc(O)cc1Cl)c1ccc(F)cc1. The molecule has 3 aromatic rings. The van der Waals surface area contributed by atoms with Gasteiger partial charge < -0.3 is 15.5 Å². The van der Waals surface area contributed by atoms with E-state index in [1.807, 2.05) is 37.3 Å². The first kappa shape index (κ1) is 22.1. The molecular formula is C24H26ClFN2O2. The fourth-order valence-corrected chi connectivity index (χ4v) is 3.54. The highest BCUT2D eigenvalue weighted by Crippen LogP contribution is 2.30. The summed E-state index contributed by atoms with van der Waals surface area (Å²) < 4.78 is 13.5. The second-order valence-corrected chi connectivity index (χ2v) is 7.77. The monoisotopic (exact) mass is 428 g/mol. The number of phenolic OH excluding ortho intramolecular Hbond substituents is 1. The number of aromatic hydroxyl groups is 1. The van der Waals surface area contributed by atoms with E-state index in [4.69, 9.17) is 11.6 Å². The highest BCUT2D eigenvalue weighted by atomic mass is 35.5. The minimum absolute atomic E-state index is 0.0168. The van der Waals surface area contributed by atoms with Crippen molar-refractivity contribution in [1.82, 2.24) is 4.90 Å². The molecule has 0 aliphatic heterocycles. The Kier molecular flexibility index (Phi) is 7.69. The van der Waals surface area contributed by atoms with E-state index in [1.165, 1.54) is 18.2 Å². The molecule has 0 aromatic heterocycles. The van der Waals surface area contributed by atoms with Crippen molar-refractivity contribution < 1.29 is 14.6 Å². The smallest absolute Gasteiger partial charge is 0.123 e. The molecule has 0 spiro atoms. The topological polar surface area (TPSA) is 55.7 Å². The molecule has 0 fully saturated rings. The summed E-state index contributed by atoms with van der Waals surface area (Å²) in [5.41, 5.74) is 2.70. The molecule has 0 bridgehead atoms. The van der Waals surface area contributed by atoms with Crippen molar-refractivity contribution in [2.75, 3.05) is 18.5 Å². The number of aliphatic hydroxyl groups excluding tert-OH is 1. The van der Waals surface area contributed by atoms with Gasteiger partial charge in [-0.05, 0) is 42.3 Å². The van der Waals surface area contributed by atoms with Crippen LogP contribution in [0.25, 0.3) is 0 Å². The zero-order valence-corrected chi connectivity index (χ0v) is 17.6. The average Bonchev–Trinajstić information content (AvgIpc) is 2.75. The van der Waals surface area contributed by atoms with Crippen LogP contribution in [0.2, 0.25) is 5.02 Å². The molecule has 0 radical (unpaired) electrons. The third-order valence-corrected chi connectivity index (χ3v) is 5.40. The molecule has 3 N–H and O–H groups in total. The first-order chi connectivity index (χ1) is 14.5. The lowest BCUT2D eigenvalue weighted by Gasteiger charge is -2.33. The maximum atomic E-state index is 13.5. The Balaban J connectivity index is 1.89. The molecule has 2 unspecified atom stereocenters. The van der Waals surface area contributed by atoms with Gasteiger partial charge in [-0.1, -0.05) is 54.1 Å². The van der Waals surface area contributed by atoms with E-state index in [0.29, 0.717) is 23.8 Å². The lowest BCUT2D eigenvalue weighted by molar-refractivity contribution is 0.123. The second-order valence-electron chi connectivity index (χ2n) is 7.36. The summed E-state index contributed by atoms with van der Waals surface area (Å²) in [6.45, 7) is 3.20. The Morgan fingerprint density at radius 1 is 1.03 bits per heavy atom. The van der Waals surface area contributed by atoms with Gasteiger partial charge in [0.15, 0.2) is 0 Å². The normalized spacial score (nSPS) is 13.2. The summed E-state index contributed by atoms with van der Waals surface area (Å²) >= 11 is 6.31. The second kappa shape index (κ2) is 10.4. The molecular weight excluding hydrogens is 403 g/mol. The number of nitrogens with one attached hydrogen (secondary N) is 1. The fraction of sp³-hybridized carbons (Fsp3) is 0.250. The molecule has 0 saturated heterocycles. The lowest BCUT2D eigenvalue weighted by atomic mass is 10.0. The molecule has 0 saturated carbocycles. The van der Waals surface area contributed by atoms with Gasteiger partial charge in [0.05, 0.1) is 23.4 Å². The zero-order chi connectivity index (χ0) is 21.5. The standard InChI is InChI=1S/C24H26ClFN2O2/c1-17(16-29)28(14-18-5-3-2-4-6-18)15-24(19-7-9-20(26)10-8-19)27-23-12-11-21(30)13-22(23)25/h2-13,17,24,27,29-30H,14-16H2,1H3. The van der Waals surface area contributed by atoms with Crippen LogP contribution in [0.3, 0.4) is 0 Å². The summed E-state index contributed by atoms with van der Waals surface area (Å²) in [6.07, 6.45) is 0. The van der Waals surface area contributed by atoms with Crippen LogP contribution < -0.4 is 5.32 Å². The van der Waals surface area contributed by atoms with Gasteiger partial charge in [0, 0.05) is 25.2 Å². The largest absolute Gasteiger partial charge is 0.508 e. The van der Waals surface area contributed by atoms with Crippen LogP contribution in [0.15, 0.2) is 72.8 Å². The summed E-state index contributed by atoms with van der Waals surface area (Å²) in [7, 11) is 0. The molecule has 158 valence electrons. The van der Waals surface area contributed by atoms with Gasteiger partial charge in [-0.15, -0.1) is 0 Å². The maximum Gasteiger partial charge on any atom is 0.123 e. The van der Waals surface area contributed by atoms with Gasteiger partial charge in [-0.3, -0.25) is 4.90 Å². The number of nitrogens with zero attached hydrogens (tertiary/aromatic N) is 1. The van der Waals surface area contributed by atoms with Crippen molar-refractivity contribution in [2.45, 2.75) is 25.6 Å². The molecule has 3 rings (SSSR count). The van der Waals surface area contributed by atoms with E-state index in [0.717, 1.165) is 11.1 Å². The van der Waals surface area contributed by atoms with E-state index in [1.54, 1.807) is 24.3 Å². The molecule has 3 aromatic carbocycles. The van der Waals surface area contributed by atoms with E-state index in [9.17, 15) is 14.6 Å². The van der Waals surface area contributed by atoms with Crippen LogP contribution in [0.4, 0.5) is 10.1 Å². The first-order valence-electron chi connectivity index (χ1n) is 9.85. The van der Waals surface area contributed by atoms with Gasteiger partial charge in [-0.25, -0.2) is 4.39 Å². The van der Waals surface area contributed by atoms with Gasteiger partial charge in [-0.2, -0.15) is 0 Å². The van der Waals surface area contributed by atoms with E-state index in [2.05, 4.69) is 10.2 Å². The minimum atomic E-state index is -0.301. The molecule has 6 heteroatoms. The van der Waals surface area contributed by atoms with Crippen LogP contribution >= 0.6 is 11.6 Å². The zero-order valence-electron chi connectivity index (χ0n) is 16.8. The molecule has 0 amide bonds. The Hall–Kier alpha value is -2.60. The Morgan fingerprint density at radius 2 is 1.73 bits per heavy atom. The number of benzene rings is 3. The number of hydrogen-bond donors (Lipinski definition) is 3. The number of rotatable bonds is 9. The molecule has 2 atom stereocenters. The van der Waals surface area contributed by atoms with Crippen LogP contribution in [-0.2, 0) is 6.54 Å². The van der Waals surface area contributed by atoms with Crippen LogP contribution in [-0.4, -0.2) is 34.3 Å². The van der Waals surface area contributed by atoms with Crippen molar-refractivity contribution >= 4 is 17.3 Å². The van der Waals surface area contributed by atoms with Crippen molar-refractivity contribution in [3.8, 4) is 5.75 Å². The lowest BCUT2D eigenvalue weighted by Crippen LogP contribution is -2.39. The third kappa shape index (κ3) is 5.95. The van der Waals surface area contributed by atoms with E-state index in [-0.39, 0.29) is 30.3 Å². The molecule has 0 aliphatic carbocycles. The fourth-order valence-electron chi connectivity index (χ4n) is 3.31. The Morgan fingerprint density at radius 3 is 2.37 bits per heavy atom. The van der Waals surface area contributed by atoms with Crippen LogP contribution in [0.1, 0.15) is 24.1 Å². The third-order valence-electron chi connectivity index (χ3n) is 5.09. The maximum absolute atomic E-state index is 13.5. The van der Waals surface area contributed by atoms with Crippen molar-refractivity contribution in [2.24, 2.45) is 0 Å². The van der Waals surface area contributed by atoms with Crippen molar-refractivity contribution in [3.05, 3.63) is 94.8 Å². The molecule has 4 nitrogen and oxygen atoms in total. The Bertz CT molecular complexity index is 938. The van der Waals surface area contributed by atoms with Crippen molar-refractivity contribution in [1.29, 1.82) is 0 Å². The molecule has 0 heterocycles. The minimum Gasteiger partial charge on any atom is -0.508 e. The van der Waals surface area contributed by atoms with Crippen LogP contribution in [0, 0.1) is 5.82 Å². The quantitative estimate of drug-likeness (QED) is 0.409. The average molecular weight is 429 g/mol. The summed E-state index contributed by atoms with van der Waals surface area (Å²) in [6, 6.07) is 20.8. The summed E-state index contributed by atoms with van der Waals surface area (Å²) in [5.74, 6) is -0.214. The number of anilines is 1.